The van der Waals surface area contributed by atoms with Gasteiger partial charge in [-0.15, -0.1) is 0 Å². The van der Waals surface area contributed by atoms with E-state index in [4.69, 9.17) is 0 Å². The minimum Gasteiger partial charge on any atom is -0.342 e. The number of alkyl halides is 2. The maximum Gasteiger partial charge on any atom is 0.256 e. The molecule has 15 heavy (non-hydrogen) atoms. The summed E-state index contributed by atoms with van der Waals surface area (Å²) >= 11 is 0. The van der Waals surface area contributed by atoms with Crippen LogP contribution in [0.5, 0.6) is 0 Å². The van der Waals surface area contributed by atoms with Crippen LogP contribution in [0, 0.1) is 0 Å². The Hall–Kier alpha value is -1.71. The number of carbonyl (C=O) groups is 1. The molecule has 0 aliphatic heterocycles. The number of aldehydes is 1. The van der Waals surface area contributed by atoms with Gasteiger partial charge in [0, 0.05) is 22.7 Å². The molecule has 0 saturated carbocycles. The highest BCUT2D eigenvalue weighted by molar-refractivity contribution is 5.87. The van der Waals surface area contributed by atoms with Crippen molar-refractivity contribution in [1.29, 1.82) is 0 Å². The number of nitrogens with zero attached hydrogens (tertiary/aromatic N) is 1. The second kappa shape index (κ2) is 3.81. The zero-order valence-corrected chi connectivity index (χ0v) is 7.86. The van der Waals surface area contributed by atoms with Gasteiger partial charge in [0.05, 0.1) is 6.54 Å². The van der Waals surface area contributed by atoms with Crippen molar-refractivity contribution in [2.75, 3.05) is 0 Å². The maximum absolute atomic E-state index is 12.2. The van der Waals surface area contributed by atoms with Crippen molar-refractivity contribution in [1.82, 2.24) is 4.57 Å². The molecule has 0 spiro atoms. The van der Waals surface area contributed by atoms with E-state index in [0.717, 1.165) is 17.2 Å². The summed E-state index contributed by atoms with van der Waals surface area (Å²) in [6.45, 7) is -0.316. The van der Waals surface area contributed by atoms with Crippen LogP contribution in [0.25, 0.3) is 10.9 Å². The number of hydrogen-bond acceptors (Lipinski definition) is 1. The van der Waals surface area contributed by atoms with Gasteiger partial charge in [0.1, 0.15) is 6.29 Å². The fourth-order valence-electron chi connectivity index (χ4n) is 1.60. The summed E-state index contributed by atoms with van der Waals surface area (Å²) in [5.74, 6) is 0. The molecule has 0 amide bonds. The first-order valence-corrected chi connectivity index (χ1v) is 4.53. The van der Waals surface area contributed by atoms with Crippen molar-refractivity contribution in [2.45, 2.75) is 13.0 Å². The van der Waals surface area contributed by atoms with Gasteiger partial charge in [-0.2, -0.15) is 0 Å². The molecule has 2 rings (SSSR count). The van der Waals surface area contributed by atoms with Crippen LogP contribution in [0.4, 0.5) is 8.78 Å². The Balaban J connectivity index is 2.47. The zero-order valence-electron chi connectivity index (χ0n) is 7.86. The predicted octanol–water partition coefficient (Wildman–Crippen LogP) is 2.72. The molecular weight excluding hydrogens is 200 g/mol. The standard InChI is InChI=1S/C11H9F2NO/c12-11(13)6-14-4-3-9-5-8(7-15)1-2-10(9)14/h1-5,7,11H,6H2. The highest BCUT2D eigenvalue weighted by Gasteiger charge is 2.07. The van der Waals surface area contributed by atoms with Crippen LogP contribution in [0.15, 0.2) is 30.5 Å². The Bertz CT molecular complexity index is 490. The van der Waals surface area contributed by atoms with Crippen molar-refractivity contribution in [3.63, 3.8) is 0 Å². The molecule has 2 nitrogen and oxygen atoms in total. The van der Waals surface area contributed by atoms with Crippen LogP contribution in [0.2, 0.25) is 0 Å². The Morgan fingerprint density at radius 1 is 1.33 bits per heavy atom. The zero-order chi connectivity index (χ0) is 10.8. The lowest BCUT2D eigenvalue weighted by molar-refractivity contribution is 0.112. The molecule has 78 valence electrons. The summed E-state index contributed by atoms with van der Waals surface area (Å²) in [5.41, 5.74) is 1.28. The summed E-state index contributed by atoms with van der Waals surface area (Å²) in [6.07, 6.45) is -0.0266. The van der Waals surface area contributed by atoms with Crippen molar-refractivity contribution in [3.05, 3.63) is 36.0 Å². The molecule has 0 radical (unpaired) electrons. The molecule has 0 bridgehead atoms. The molecule has 0 N–H and O–H groups in total. The molecular formula is C11H9F2NO. The van der Waals surface area contributed by atoms with Gasteiger partial charge in [0.15, 0.2) is 0 Å². The third-order valence-corrected chi connectivity index (χ3v) is 2.27. The molecule has 0 saturated heterocycles. The maximum atomic E-state index is 12.2. The van der Waals surface area contributed by atoms with Gasteiger partial charge in [0.2, 0.25) is 0 Å². The summed E-state index contributed by atoms with van der Waals surface area (Å²) in [7, 11) is 0. The average molecular weight is 209 g/mol. The fraction of sp³-hybridized carbons (Fsp3) is 0.182. The highest BCUT2D eigenvalue weighted by atomic mass is 19.3. The third kappa shape index (κ3) is 1.88. The SMILES string of the molecule is O=Cc1ccc2c(ccn2CC(F)F)c1. The van der Waals surface area contributed by atoms with Crippen molar-refractivity contribution in [2.24, 2.45) is 0 Å². The number of fused-ring (bicyclic) bond motifs is 1. The topological polar surface area (TPSA) is 22.0 Å². The first-order chi connectivity index (χ1) is 7.20. The van der Waals surface area contributed by atoms with Crippen LogP contribution in [-0.2, 0) is 6.54 Å². The lowest BCUT2D eigenvalue weighted by Crippen LogP contribution is -2.04. The number of hydrogen-bond donors (Lipinski definition) is 0. The molecule has 1 heterocycles. The van der Waals surface area contributed by atoms with Crippen molar-refractivity contribution < 1.29 is 13.6 Å². The number of carbonyl (C=O) groups excluding carboxylic acids is 1. The normalized spacial score (nSPS) is 11.1. The van der Waals surface area contributed by atoms with Crippen LogP contribution >= 0.6 is 0 Å². The van der Waals surface area contributed by atoms with E-state index < -0.39 is 6.43 Å². The Kier molecular flexibility index (Phi) is 2.49. The molecule has 0 atom stereocenters. The number of rotatable bonds is 3. The lowest BCUT2D eigenvalue weighted by Gasteiger charge is -2.03. The van der Waals surface area contributed by atoms with Crippen molar-refractivity contribution >= 4 is 17.2 Å². The van der Waals surface area contributed by atoms with E-state index in [0.29, 0.717) is 5.56 Å². The number of aromatic nitrogens is 1. The molecule has 0 aliphatic rings. The Morgan fingerprint density at radius 2 is 2.13 bits per heavy atom. The van der Waals surface area contributed by atoms with Gasteiger partial charge in [-0.3, -0.25) is 4.79 Å². The molecule has 2 aromatic rings. The number of halogens is 2. The summed E-state index contributed by atoms with van der Waals surface area (Å²) in [4.78, 5) is 10.5. The first-order valence-electron chi connectivity index (χ1n) is 4.53. The van der Waals surface area contributed by atoms with Crippen LogP contribution in [0.3, 0.4) is 0 Å². The van der Waals surface area contributed by atoms with E-state index in [-0.39, 0.29) is 6.54 Å². The smallest absolute Gasteiger partial charge is 0.256 e. The summed E-state index contributed by atoms with van der Waals surface area (Å²) in [6, 6.07) is 6.72. The predicted molar refractivity (Wildman–Crippen MR) is 53.3 cm³/mol. The molecule has 0 aliphatic carbocycles. The van der Waals surface area contributed by atoms with Gasteiger partial charge in [-0.05, 0) is 24.3 Å². The van der Waals surface area contributed by atoms with Gasteiger partial charge in [-0.1, -0.05) is 0 Å². The molecule has 1 aromatic heterocycles. The third-order valence-electron chi connectivity index (χ3n) is 2.27. The van der Waals surface area contributed by atoms with E-state index >= 15 is 0 Å². The van der Waals surface area contributed by atoms with E-state index in [1.165, 1.54) is 4.57 Å². The van der Waals surface area contributed by atoms with E-state index in [1.54, 1.807) is 30.5 Å². The highest BCUT2D eigenvalue weighted by Crippen LogP contribution is 2.18. The molecule has 4 heteroatoms. The van der Waals surface area contributed by atoms with Crippen LogP contribution < -0.4 is 0 Å². The number of benzene rings is 1. The van der Waals surface area contributed by atoms with E-state index in [1.807, 2.05) is 0 Å². The second-order valence-corrected chi connectivity index (χ2v) is 3.30. The largest absolute Gasteiger partial charge is 0.342 e. The van der Waals surface area contributed by atoms with Crippen LogP contribution in [0.1, 0.15) is 10.4 Å². The Morgan fingerprint density at radius 3 is 2.80 bits per heavy atom. The molecule has 0 unspecified atom stereocenters. The minimum absolute atomic E-state index is 0.316. The van der Waals surface area contributed by atoms with E-state index in [9.17, 15) is 13.6 Å². The lowest BCUT2D eigenvalue weighted by atomic mass is 10.2. The van der Waals surface area contributed by atoms with Crippen LogP contribution in [-0.4, -0.2) is 17.3 Å². The van der Waals surface area contributed by atoms with Gasteiger partial charge in [0.25, 0.3) is 6.43 Å². The van der Waals surface area contributed by atoms with Gasteiger partial charge < -0.3 is 4.57 Å². The minimum atomic E-state index is -2.37. The van der Waals surface area contributed by atoms with Gasteiger partial charge >= 0.3 is 0 Å². The second-order valence-electron chi connectivity index (χ2n) is 3.30. The monoisotopic (exact) mass is 209 g/mol. The summed E-state index contributed by atoms with van der Waals surface area (Å²) < 4.78 is 25.9. The van der Waals surface area contributed by atoms with Gasteiger partial charge in [-0.25, -0.2) is 8.78 Å². The quantitative estimate of drug-likeness (QED) is 0.712. The average Bonchev–Trinajstić information content (AvgIpc) is 2.60. The van der Waals surface area contributed by atoms with E-state index in [2.05, 4.69) is 0 Å². The van der Waals surface area contributed by atoms with Crippen molar-refractivity contribution in [3.8, 4) is 0 Å². The first kappa shape index (κ1) is 9.83. The Labute approximate surface area is 85.1 Å². The molecule has 1 aromatic carbocycles. The fourth-order valence-corrected chi connectivity index (χ4v) is 1.60. The summed E-state index contributed by atoms with van der Waals surface area (Å²) in [5, 5.41) is 0.806. The molecule has 0 fully saturated rings.